The average molecular weight is 360 g/mol. The van der Waals surface area contributed by atoms with E-state index in [4.69, 9.17) is 4.74 Å². The molecule has 0 bridgehead atoms. The van der Waals surface area contributed by atoms with E-state index in [0.29, 0.717) is 25.4 Å². The molecule has 1 aromatic heterocycles. The standard InChI is InChI=1S/C18H24N4O2S/c1-4-22-17(15-8-6-5-7-13(15)2)19-20-18(22)25-12-16(23)21-9-10-24-14(3)11-21/h5-8,14H,4,9-12H2,1-3H3. The molecule has 7 heteroatoms. The Morgan fingerprint density at radius 3 is 2.88 bits per heavy atom. The summed E-state index contributed by atoms with van der Waals surface area (Å²) in [6.07, 6.45) is 0.106. The average Bonchev–Trinajstić information content (AvgIpc) is 3.02. The predicted molar refractivity (Wildman–Crippen MR) is 98.6 cm³/mol. The molecule has 1 aliphatic heterocycles. The fraction of sp³-hybridized carbons (Fsp3) is 0.500. The van der Waals surface area contributed by atoms with Crippen LogP contribution in [0.15, 0.2) is 29.4 Å². The van der Waals surface area contributed by atoms with E-state index in [0.717, 1.165) is 23.1 Å². The highest BCUT2D eigenvalue weighted by Crippen LogP contribution is 2.26. The van der Waals surface area contributed by atoms with Crippen LogP contribution in [0.25, 0.3) is 11.4 Å². The van der Waals surface area contributed by atoms with Crippen LogP contribution in [-0.4, -0.2) is 57.1 Å². The number of ether oxygens (including phenoxy) is 1. The maximum Gasteiger partial charge on any atom is 0.233 e. The minimum atomic E-state index is 0.106. The molecule has 0 spiro atoms. The minimum Gasteiger partial charge on any atom is -0.375 e. The first-order valence-corrected chi connectivity index (χ1v) is 9.60. The number of nitrogens with zero attached hydrogens (tertiary/aromatic N) is 4. The molecule has 0 saturated carbocycles. The van der Waals surface area contributed by atoms with Gasteiger partial charge in [0.1, 0.15) is 0 Å². The number of hydrogen-bond acceptors (Lipinski definition) is 5. The van der Waals surface area contributed by atoms with Gasteiger partial charge in [-0.05, 0) is 26.3 Å². The molecule has 25 heavy (non-hydrogen) atoms. The first kappa shape index (κ1) is 17.9. The lowest BCUT2D eigenvalue weighted by Crippen LogP contribution is -2.45. The normalized spacial score (nSPS) is 17.7. The molecule has 1 unspecified atom stereocenters. The van der Waals surface area contributed by atoms with Gasteiger partial charge >= 0.3 is 0 Å². The summed E-state index contributed by atoms with van der Waals surface area (Å²) in [5.74, 6) is 1.36. The Morgan fingerprint density at radius 1 is 1.36 bits per heavy atom. The van der Waals surface area contributed by atoms with Gasteiger partial charge in [0, 0.05) is 25.2 Å². The monoisotopic (exact) mass is 360 g/mol. The lowest BCUT2D eigenvalue weighted by atomic mass is 10.1. The third-order valence-corrected chi connectivity index (χ3v) is 5.29. The van der Waals surface area contributed by atoms with Gasteiger partial charge < -0.3 is 14.2 Å². The number of aryl methyl sites for hydroxylation is 1. The van der Waals surface area contributed by atoms with Gasteiger partial charge in [-0.15, -0.1) is 10.2 Å². The Hall–Kier alpha value is -1.86. The molecule has 0 radical (unpaired) electrons. The Kier molecular flexibility index (Phi) is 5.75. The van der Waals surface area contributed by atoms with Crippen molar-refractivity contribution in [1.29, 1.82) is 0 Å². The number of morpholine rings is 1. The van der Waals surface area contributed by atoms with Crippen molar-refractivity contribution < 1.29 is 9.53 Å². The van der Waals surface area contributed by atoms with E-state index in [1.165, 1.54) is 17.3 Å². The number of amides is 1. The second kappa shape index (κ2) is 8.01. The lowest BCUT2D eigenvalue weighted by molar-refractivity contribution is -0.135. The van der Waals surface area contributed by atoms with Crippen LogP contribution in [0.2, 0.25) is 0 Å². The predicted octanol–water partition coefficient (Wildman–Crippen LogP) is 2.61. The first-order valence-electron chi connectivity index (χ1n) is 8.61. The van der Waals surface area contributed by atoms with Crippen LogP contribution in [0.4, 0.5) is 0 Å². The van der Waals surface area contributed by atoms with Crippen molar-refractivity contribution in [1.82, 2.24) is 19.7 Å². The molecule has 0 aliphatic carbocycles. The summed E-state index contributed by atoms with van der Waals surface area (Å²) in [7, 11) is 0. The molecule has 0 N–H and O–H groups in total. The van der Waals surface area contributed by atoms with E-state index in [1.54, 1.807) is 0 Å². The molecule has 1 aromatic carbocycles. The largest absolute Gasteiger partial charge is 0.375 e. The molecule has 1 saturated heterocycles. The zero-order valence-electron chi connectivity index (χ0n) is 14.9. The number of benzene rings is 1. The van der Waals surface area contributed by atoms with Crippen LogP contribution >= 0.6 is 11.8 Å². The van der Waals surface area contributed by atoms with Crippen LogP contribution < -0.4 is 0 Å². The summed E-state index contributed by atoms with van der Waals surface area (Å²) in [4.78, 5) is 14.3. The second-order valence-corrected chi connectivity index (χ2v) is 7.12. The van der Waals surface area contributed by atoms with Crippen molar-refractivity contribution in [3.8, 4) is 11.4 Å². The fourth-order valence-corrected chi connectivity index (χ4v) is 3.87. The highest BCUT2D eigenvalue weighted by molar-refractivity contribution is 7.99. The van der Waals surface area contributed by atoms with E-state index in [1.807, 2.05) is 24.0 Å². The smallest absolute Gasteiger partial charge is 0.233 e. The number of carbonyl (C=O) groups is 1. The zero-order valence-corrected chi connectivity index (χ0v) is 15.8. The van der Waals surface area contributed by atoms with Gasteiger partial charge in [-0.3, -0.25) is 4.79 Å². The number of rotatable bonds is 5. The maximum atomic E-state index is 12.4. The zero-order chi connectivity index (χ0) is 17.8. The highest BCUT2D eigenvalue weighted by atomic mass is 32.2. The van der Waals surface area contributed by atoms with Crippen LogP contribution in [0.3, 0.4) is 0 Å². The van der Waals surface area contributed by atoms with Gasteiger partial charge in [-0.25, -0.2) is 0 Å². The van der Waals surface area contributed by atoms with E-state index >= 15 is 0 Å². The van der Waals surface area contributed by atoms with Gasteiger partial charge in [-0.1, -0.05) is 36.0 Å². The van der Waals surface area contributed by atoms with Crippen molar-refractivity contribution in [2.24, 2.45) is 0 Å². The van der Waals surface area contributed by atoms with E-state index in [-0.39, 0.29) is 12.0 Å². The van der Waals surface area contributed by atoms with Crippen LogP contribution in [0.1, 0.15) is 19.4 Å². The van der Waals surface area contributed by atoms with Crippen molar-refractivity contribution >= 4 is 17.7 Å². The quantitative estimate of drug-likeness (QED) is 0.767. The summed E-state index contributed by atoms with van der Waals surface area (Å²) in [5.41, 5.74) is 2.25. The van der Waals surface area contributed by atoms with Crippen LogP contribution in [0, 0.1) is 6.92 Å². The summed E-state index contributed by atoms with van der Waals surface area (Å²) in [5, 5.41) is 9.47. The Balaban J connectivity index is 1.71. The van der Waals surface area contributed by atoms with Crippen LogP contribution in [-0.2, 0) is 16.1 Å². The van der Waals surface area contributed by atoms with Crippen molar-refractivity contribution in [2.45, 2.75) is 38.6 Å². The minimum absolute atomic E-state index is 0.106. The Morgan fingerprint density at radius 2 is 2.16 bits per heavy atom. The number of aromatic nitrogens is 3. The van der Waals surface area contributed by atoms with Crippen molar-refractivity contribution in [2.75, 3.05) is 25.4 Å². The number of thioether (sulfide) groups is 1. The molecule has 1 amide bonds. The molecule has 2 heterocycles. The molecule has 1 aliphatic rings. The Bertz CT molecular complexity index is 746. The topological polar surface area (TPSA) is 60.2 Å². The molecular weight excluding hydrogens is 336 g/mol. The molecule has 6 nitrogen and oxygen atoms in total. The lowest BCUT2D eigenvalue weighted by Gasteiger charge is -2.31. The number of carbonyl (C=O) groups excluding carboxylic acids is 1. The first-order chi connectivity index (χ1) is 12.1. The van der Waals surface area contributed by atoms with Gasteiger partial charge in [-0.2, -0.15) is 0 Å². The third-order valence-electron chi connectivity index (χ3n) is 4.34. The molecule has 1 fully saturated rings. The molecule has 2 aromatic rings. The van der Waals surface area contributed by atoms with Gasteiger partial charge in [0.15, 0.2) is 11.0 Å². The fourth-order valence-electron chi connectivity index (χ4n) is 2.97. The molecular formula is C18H24N4O2S. The summed E-state index contributed by atoms with van der Waals surface area (Å²) < 4.78 is 7.57. The molecule has 134 valence electrons. The Labute approximate surface area is 152 Å². The van der Waals surface area contributed by atoms with E-state index < -0.39 is 0 Å². The highest BCUT2D eigenvalue weighted by Gasteiger charge is 2.22. The SMILES string of the molecule is CCn1c(SCC(=O)N2CCOC(C)C2)nnc1-c1ccccc1C. The van der Waals surface area contributed by atoms with E-state index in [2.05, 4.69) is 40.7 Å². The maximum absolute atomic E-state index is 12.4. The van der Waals surface area contributed by atoms with Gasteiger partial charge in [0.05, 0.1) is 18.5 Å². The van der Waals surface area contributed by atoms with Crippen LogP contribution in [0.5, 0.6) is 0 Å². The third kappa shape index (κ3) is 4.04. The van der Waals surface area contributed by atoms with Crippen molar-refractivity contribution in [3.05, 3.63) is 29.8 Å². The molecule has 3 rings (SSSR count). The van der Waals surface area contributed by atoms with Gasteiger partial charge in [0.25, 0.3) is 0 Å². The summed E-state index contributed by atoms with van der Waals surface area (Å²) in [6.45, 7) is 8.84. The molecule has 1 atom stereocenters. The summed E-state index contributed by atoms with van der Waals surface area (Å²) in [6, 6.07) is 8.15. The van der Waals surface area contributed by atoms with Crippen molar-refractivity contribution in [3.63, 3.8) is 0 Å². The van der Waals surface area contributed by atoms with E-state index in [9.17, 15) is 4.79 Å². The summed E-state index contributed by atoms with van der Waals surface area (Å²) >= 11 is 1.45. The number of hydrogen-bond donors (Lipinski definition) is 0. The second-order valence-electron chi connectivity index (χ2n) is 6.18. The van der Waals surface area contributed by atoms with Gasteiger partial charge in [0.2, 0.25) is 5.91 Å².